The van der Waals surface area contributed by atoms with Gasteiger partial charge in [-0.25, -0.2) is 0 Å². The number of aryl methyl sites for hydroxylation is 1. The number of carbonyl (C=O) groups excluding carboxylic acids is 2. The Balaban J connectivity index is 2.73. The average molecular weight is 320 g/mol. The molecule has 0 aliphatic carbocycles. The number of rotatable bonds is 7. The highest BCUT2D eigenvalue weighted by Gasteiger charge is 2.14. The predicted octanol–water partition coefficient (Wildman–Crippen LogP) is 2.57. The molecule has 0 radical (unpaired) electrons. The highest BCUT2D eigenvalue weighted by Crippen LogP contribution is 2.17. The second-order valence-corrected chi connectivity index (χ2v) is 6.15. The minimum absolute atomic E-state index is 0.0598. The number of anilines is 1. The van der Waals surface area contributed by atoms with Crippen LogP contribution in [0.3, 0.4) is 0 Å². The van der Waals surface area contributed by atoms with E-state index in [-0.39, 0.29) is 24.2 Å². The van der Waals surface area contributed by atoms with Gasteiger partial charge in [0.1, 0.15) is 0 Å². The number of carbonyl (C=O) groups is 3. The molecular weight excluding hydrogens is 296 g/mol. The van der Waals surface area contributed by atoms with Gasteiger partial charge in [-0.15, -0.1) is 0 Å². The van der Waals surface area contributed by atoms with Gasteiger partial charge in [-0.05, 0) is 43.5 Å². The maximum absolute atomic E-state index is 12.1. The van der Waals surface area contributed by atoms with Gasteiger partial charge < -0.3 is 15.7 Å². The summed E-state index contributed by atoms with van der Waals surface area (Å²) in [6.07, 6.45) is 0.308. The van der Waals surface area contributed by atoms with Gasteiger partial charge in [-0.3, -0.25) is 14.4 Å². The van der Waals surface area contributed by atoms with Crippen LogP contribution in [0.15, 0.2) is 18.2 Å². The lowest BCUT2D eigenvalue weighted by molar-refractivity contribution is -0.137. The molecule has 2 amide bonds. The SMILES string of the molecule is Cc1cc(C(=O)NC(C)CC(=O)O)ccc1NC(=O)CC(C)C. The number of benzene rings is 1. The zero-order chi connectivity index (χ0) is 17.6. The van der Waals surface area contributed by atoms with Crippen LogP contribution in [0.2, 0.25) is 0 Å². The third-order valence-corrected chi connectivity index (χ3v) is 3.21. The van der Waals surface area contributed by atoms with Gasteiger partial charge >= 0.3 is 5.97 Å². The number of nitrogens with one attached hydrogen (secondary N) is 2. The summed E-state index contributed by atoms with van der Waals surface area (Å²) in [7, 11) is 0. The molecule has 0 fully saturated rings. The Morgan fingerprint density at radius 2 is 1.78 bits per heavy atom. The molecule has 1 aromatic carbocycles. The molecule has 0 heterocycles. The summed E-state index contributed by atoms with van der Waals surface area (Å²) in [6, 6.07) is 4.52. The van der Waals surface area contributed by atoms with Crippen molar-refractivity contribution < 1.29 is 19.5 Å². The van der Waals surface area contributed by atoms with Crippen molar-refractivity contribution in [2.45, 2.75) is 46.6 Å². The van der Waals surface area contributed by atoms with Crippen molar-refractivity contribution in [3.05, 3.63) is 29.3 Å². The van der Waals surface area contributed by atoms with Crippen LogP contribution in [0.1, 0.15) is 49.5 Å². The number of carboxylic acids is 1. The Kier molecular flexibility index (Phi) is 6.75. The first-order valence-electron chi connectivity index (χ1n) is 7.62. The van der Waals surface area contributed by atoms with E-state index >= 15 is 0 Å². The molecule has 6 nitrogen and oxygen atoms in total. The number of hydrogen-bond acceptors (Lipinski definition) is 3. The van der Waals surface area contributed by atoms with Crippen LogP contribution in [0.25, 0.3) is 0 Å². The predicted molar refractivity (Wildman–Crippen MR) is 88.4 cm³/mol. The van der Waals surface area contributed by atoms with Crippen LogP contribution in [0, 0.1) is 12.8 Å². The Morgan fingerprint density at radius 1 is 1.13 bits per heavy atom. The van der Waals surface area contributed by atoms with Crippen molar-refractivity contribution >= 4 is 23.5 Å². The van der Waals surface area contributed by atoms with Crippen molar-refractivity contribution in [1.82, 2.24) is 5.32 Å². The topological polar surface area (TPSA) is 95.5 Å². The Morgan fingerprint density at radius 3 is 2.30 bits per heavy atom. The Hall–Kier alpha value is -2.37. The van der Waals surface area contributed by atoms with Crippen molar-refractivity contribution in [1.29, 1.82) is 0 Å². The lowest BCUT2D eigenvalue weighted by Crippen LogP contribution is -2.34. The fourth-order valence-electron chi connectivity index (χ4n) is 2.14. The monoisotopic (exact) mass is 320 g/mol. The minimum Gasteiger partial charge on any atom is -0.481 e. The minimum atomic E-state index is -0.961. The summed E-state index contributed by atoms with van der Waals surface area (Å²) in [5, 5.41) is 14.2. The first-order valence-corrected chi connectivity index (χ1v) is 7.62. The lowest BCUT2D eigenvalue weighted by Gasteiger charge is -2.14. The molecule has 0 saturated heterocycles. The van der Waals surface area contributed by atoms with Crippen LogP contribution in [-0.2, 0) is 9.59 Å². The van der Waals surface area contributed by atoms with Crippen molar-refractivity contribution in [3.8, 4) is 0 Å². The van der Waals surface area contributed by atoms with Crippen molar-refractivity contribution in [3.63, 3.8) is 0 Å². The molecule has 0 aromatic heterocycles. The third kappa shape index (κ3) is 6.50. The Bertz CT molecular complexity index is 596. The zero-order valence-corrected chi connectivity index (χ0v) is 14.0. The van der Waals surface area contributed by atoms with Crippen LogP contribution in [-0.4, -0.2) is 28.9 Å². The molecule has 1 unspecified atom stereocenters. The second-order valence-electron chi connectivity index (χ2n) is 6.15. The Labute approximate surface area is 136 Å². The third-order valence-electron chi connectivity index (χ3n) is 3.21. The fourth-order valence-corrected chi connectivity index (χ4v) is 2.14. The van der Waals surface area contributed by atoms with Gasteiger partial charge in [-0.1, -0.05) is 13.8 Å². The molecule has 0 spiro atoms. The molecule has 0 saturated carbocycles. The number of aliphatic carboxylic acids is 1. The molecule has 1 aromatic rings. The quantitative estimate of drug-likeness (QED) is 0.719. The van der Waals surface area contributed by atoms with Gasteiger partial charge in [0.2, 0.25) is 5.91 Å². The summed E-state index contributed by atoms with van der Waals surface area (Å²) in [6.45, 7) is 7.39. The lowest BCUT2D eigenvalue weighted by atomic mass is 10.1. The van der Waals surface area contributed by atoms with E-state index in [1.54, 1.807) is 25.1 Å². The second kappa shape index (κ2) is 8.31. The first kappa shape index (κ1) is 18.7. The molecule has 1 rings (SSSR count). The van der Waals surface area contributed by atoms with E-state index in [1.165, 1.54) is 0 Å². The van der Waals surface area contributed by atoms with Crippen LogP contribution in [0.4, 0.5) is 5.69 Å². The van der Waals surface area contributed by atoms with Crippen molar-refractivity contribution in [2.75, 3.05) is 5.32 Å². The first-order chi connectivity index (χ1) is 10.7. The fraction of sp³-hybridized carbons (Fsp3) is 0.471. The smallest absolute Gasteiger partial charge is 0.305 e. The largest absolute Gasteiger partial charge is 0.481 e. The standard InChI is InChI=1S/C17H24N2O4/c1-10(2)7-15(20)19-14-6-5-13(8-11(14)3)17(23)18-12(4)9-16(21)22/h5-6,8,10,12H,7,9H2,1-4H3,(H,18,23)(H,19,20)(H,21,22). The van der Waals surface area contributed by atoms with Crippen molar-refractivity contribution in [2.24, 2.45) is 5.92 Å². The van der Waals surface area contributed by atoms with E-state index < -0.39 is 12.0 Å². The molecule has 3 N–H and O–H groups in total. The molecule has 6 heteroatoms. The highest BCUT2D eigenvalue weighted by atomic mass is 16.4. The number of hydrogen-bond donors (Lipinski definition) is 3. The maximum atomic E-state index is 12.1. The number of carboxylic acid groups (broad SMARTS) is 1. The summed E-state index contributed by atoms with van der Waals surface area (Å²) in [4.78, 5) is 34.5. The summed E-state index contributed by atoms with van der Waals surface area (Å²) in [5.41, 5.74) is 1.88. The van der Waals surface area contributed by atoms with Gasteiger partial charge in [0.25, 0.3) is 5.91 Å². The average Bonchev–Trinajstić information content (AvgIpc) is 2.38. The van der Waals surface area contributed by atoms with E-state index in [4.69, 9.17) is 5.11 Å². The van der Waals surface area contributed by atoms with Gasteiger partial charge in [0.15, 0.2) is 0 Å². The van der Waals surface area contributed by atoms with E-state index in [9.17, 15) is 14.4 Å². The normalized spacial score (nSPS) is 11.9. The summed E-state index contributed by atoms with van der Waals surface area (Å²) < 4.78 is 0. The molecule has 0 aliphatic rings. The maximum Gasteiger partial charge on any atom is 0.305 e. The number of amides is 2. The van der Waals surface area contributed by atoms with Gasteiger partial charge in [0, 0.05) is 23.7 Å². The molecule has 0 bridgehead atoms. The zero-order valence-electron chi connectivity index (χ0n) is 14.0. The molecule has 1 atom stereocenters. The van der Waals surface area contributed by atoms with E-state index in [1.807, 2.05) is 20.8 Å². The van der Waals surface area contributed by atoms with Crippen LogP contribution < -0.4 is 10.6 Å². The summed E-state index contributed by atoms with van der Waals surface area (Å²) >= 11 is 0. The van der Waals surface area contributed by atoms with E-state index in [2.05, 4.69) is 10.6 Å². The highest BCUT2D eigenvalue weighted by molar-refractivity contribution is 5.96. The van der Waals surface area contributed by atoms with E-state index in [0.29, 0.717) is 17.7 Å². The molecule has 126 valence electrons. The van der Waals surface area contributed by atoms with Gasteiger partial charge in [-0.2, -0.15) is 0 Å². The van der Waals surface area contributed by atoms with E-state index in [0.717, 1.165) is 5.56 Å². The van der Waals surface area contributed by atoms with Crippen LogP contribution in [0.5, 0.6) is 0 Å². The molecule has 0 aliphatic heterocycles. The molecular formula is C17H24N2O4. The van der Waals surface area contributed by atoms with Crippen LogP contribution >= 0.6 is 0 Å². The van der Waals surface area contributed by atoms with Gasteiger partial charge in [0.05, 0.1) is 6.42 Å². The summed E-state index contributed by atoms with van der Waals surface area (Å²) in [5.74, 6) is -1.08. The molecule has 23 heavy (non-hydrogen) atoms.